The minimum atomic E-state index is -0.880. The van der Waals surface area contributed by atoms with E-state index in [1.807, 2.05) is 0 Å². The lowest BCUT2D eigenvalue weighted by atomic mass is 9.92. The predicted octanol–water partition coefficient (Wildman–Crippen LogP) is 2.63. The van der Waals surface area contributed by atoms with Crippen molar-refractivity contribution in [1.82, 2.24) is 9.88 Å². The van der Waals surface area contributed by atoms with Crippen LogP contribution in [0.25, 0.3) is 0 Å². The van der Waals surface area contributed by atoms with Crippen molar-refractivity contribution in [2.75, 3.05) is 13.2 Å². The van der Waals surface area contributed by atoms with Crippen LogP contribution in [0.15, 0.2) is 12.3 Å². The number of halogens is 2. The van der Waals surface area contributed by atoms with Crippen LogP contribution < -0.4 is 4.74 Å². The molecule has 2 fully saturated rings. The third-order valence-corrected chi connectivity index (χ3v) is 4.83. The summed E-state index contributed by atoms with van der Waals surface area (Å²) in [5.74, 6) is 0.688. The molecule has 1 amide bonds. The lowest BCUT2D eigenvalue weighted by Crippen LogP contribution is -2.60. The number of piperidine rings is 1. The summed E-state index contributed by atoms with van der Waals surface area (Å²) in [7, 11) is 0. The SMILES string of the molecule is O=C(O)N1[C@@H]2COC[C@H]1CC(Oc1cnc(Cl)cc1I)C2. The standard InChI is InChI=1S/C13H14ClIN2O4/c14-12-3-10(15)11(4-16-12)21-9-1-7-5-20-6-8(2-9)17(7)13(18)19/h3-4,7-9H,1-2,5-6H2,(H,18,19)/t7-,8+,9?. The van der Waals surface area contributed by atoms with E-state index in [1.54, 1.807) is 12.3 Å². The molecule has 3 atom stereocenters. The molecule has 2 saturated heterocycles. The molecule has 2 bridgehead atoms. The summed E-state index contributed by atoms with van der Waals surface area (Å²) in [5.41, 5.74) is 0. The summed E-state index contributed by atoms with van der Waals surface area (Å²) in [4.78, 5) is 16.9. The van der Waals surface area contributed by atoms with Crippen LogP contribution in [0.5, 0.6) is 5.75 Å². The quantitative estimate of drug-likeness (QED) is 0.584. The van der Waals surface area contributed by atoms with Gasteiger partial charge in [-0.2, -0.15) is 0 Å². The van der Waals surface area contributed by atoms with Crippen molar-refractivity contribution in [3.63, 3.8) is 0 Å². The summed E-state index contributed by atoms with van der Waals surface area (Å²) >= 11 is 7.98. The van der Waals surface area contributed by atoms with Gasteiger partial charge in [-0.05, 0) is 28.7 Å². The number of amides is 1. The number of hydrogen-bond donors (Lipinski definition) is 1. The Morgan fingerprint density at radius 2 is 2.14 bits per heavy atom. The van der Waals surface area contributed by atoms with E-state index < -0.39 is 6.09 Å². The minimum Gasteiger partial charge on any atom is -0.488 e. The summed E-state index contributed by atoms with van der Waals surface area (Å²) in [6.45, 7) is 0.858. The topological polar surface area (TPSA) is 71.9 Å². The molecule has 0 spiro atoms. The highest BCUT2D eigenvalue weighted by molar-refractivity contribution is 14.1. The Balaban J connectivity index is 1.72. The number of hydrogen-bond acceptors (Lipinski definition) is 4. The van der Waals surface area contributed by atoms with Gasteiger partial charge in [0.2, 0.25) is 0 Å². The van der Waals surface area contributed by atoms with E-state index in [0.717, 1.165) is 3.57 Å². The number of morpholine rings is 1. The van der Waals surface area contributed by atoms with Crippen molar-refractivity contribution in [2.45, 2.75) is 31.0 Å². The van der Waals surface area contributed by atoms with Crippen LogP contribution in [0.1, 0.15) is 12.8 Å². The van der Waals surface area contributed by atoms with Gasteiger partial charge in [0.05, 0.1) is 35.1 Å². The van der Waals surface area contributed by atoms with Crippen molar-refractivity contribution in [2.24, 2.45) is 0 Å². The van der Waals surface area contributed by atoms with Gasteiger partial charge >= 0.3 is 6.09 Å². The zero-order chi connectivity index (χ0) is 15.0. The second-order valence-corrected chi connectivity index (χ2v) is 6.73. The first-order chi connectivity index (χ1) is 10.0. The molecule has 21 heavy (non-hydrogen) atoms. The van der Waals surface area contributed by atoms with Gasteiger partial charge in [-0.1, -0.05) is 11.6 Å². The van der Waals surface area contributed by atoms with Gasteiger partial charge in [-0.15, -0.1) is 0 Å². The first kappa shape index (κ1) is 15.1. The van der Waals surface area contributed by atoms with Gasteiger partial charge in [-0.3, -0.25) is 4.90 Å². The Labute approximate surface area is 140 Å². The van der Waals surface area contributed by atoms with E-state index in [9.17, 15) is 9.90 Å². The number of nitrogens with zero attached hydrogens (tertiary/aromatic N) is 2. The zero-order valence-electron chi connectivity index (χ0n) is 11.0. The minimum absolute atomic E-state index is 0.0315. The third-order valence-electron chi connectivity index (χ3n) is 3.78. The van der Waals surface area contributed by atoms with Gasteiger partial charge < -0.3 is 14.6 Å². The number of carboxylic acid groups (broad SMARTS) is 1. The van der Waals surface area contributed by atoms with E-state index in [2.05, 4.69) is 27.6 Å². The number of rotatable bonds is 2. The fraction of sp³-hybridized carbons (Fsp3) is 0.538. The second kappa shape index (κ2) is 6.13. The molecule has 3 rings (SSSR count). The number of carbonyl (C=O) groups is 1. The van der Waals surface area contributed by atoms with Crippen LogP contribution in [0.4, 0.5) is 4.79 Å². The molecule has 114 valence electrons. The first-order valence-corrected chi connectivity index (χ1v) is 8.07. The molecule has 3 heterocycles. The fourth-order valence-corrected chi connectivity index (χ4v) is 3.84. The Bertz CT molecular complexity index is 545. The van der Waals surface area contributed by atoms with Crippen LogP contribution in [0.3, 0.4) is 0 Å². The van der Waals surface area contributed by atoms with Crippen molar-refractivity contribution in [3.05, 3.63) is 21.0 Å². The smallest absolute Gasteiger partial charge is 0.407 e. The molecular weight excluding hydrogens is 411 g/mol. The first-order valence-electron chi connectivity index (χ1n) is 6.61. The van der Waals surface area contributed by atoms with Crippen LogP contribution >= 0.6 is 34.2 Å². The summed E-state index contributed by atoms with van der Waals surface area (Å²) in [6.07, 6.45) is 1.95. The Hall–Kier alpha value is -0.800. The molecule has 0 radical (unpaired) electrons. The molecule has 0 aliphatic carbocycles. The van der Waals surface area contributed by atoms with E-state index in [-0.39, 0.29) is 18.2 Å². The lowest BCUT2D eigenvalue weighted by molar-refractivity contribution is -0.0858. The van der Waals surface area contributed by atoms with Gasteiger partial charge in [0.15, 0.2) is 5.75 Å². The van der Waals surface area contributed by atoms with E-state index >= 15 is 0 Å². The highest BCUT2D eigenvalue weighted by Gasteiger charge is 2.42. The van der Waals surface area contributed by atoms with Crippen LogP contribution in [0.2, 0.25) is 5.15 Å². The number of fused-ring (bicyclic) bond motifs is 2. The van der Waals surface area contributed by atoms with Crippen molar-refractivity contribution < 1.29 is 19.4 Å². The molecule has 8 heteroatoms. The monoisotopic (exact) mass is 424 g/mol. The zero-order valence-corrected chi connectivity index (χ0v) is 14.0. The van der Waals surface area contributed by atoms with E-state index in [0.29, 0.717) is 37.0 Å². The van der Waals surface area contributed by atoms with E-state index in [4.69, 9.17) is 21.1 Å². The van der Waals surface area contributed by atoms with Crippen LogP contribution in [0, 0.1) is 3.57 Å². The maximum Gasteiger partial charge on any atom is 0.407 e. The highest BCUT2D eigenvalue weighted by Crippen LogP contribution is 2.32. The van der Waals surface area contributed by atoms with Crippen LogP contribution in [-0.2, 0) is 4.74 Å². The van der Waals surface area contributed by atoms with Crippen molar-refractivity contribution in [1.29, 1.82) is 0 Å². The summed E-state index contributed by atoms with van der Waals surface area (Å²) in [5, 5.41) is 9.73. The Morgan fingerprint density at radius 1 is 1.48 bits per heavy atom. The number of ether oxygens (including phenoxy) is 2. The molecule has 2 aliphatic heterocycles. The molecule has 1 aromatic rings. The largest absolute Gasteiger partial charge is 0.488 e. The van der Waals surface area contributed by atoms with Gasteiger partial charge in [-0.25, -0.2) is 9.78 Å². The molecular formula is C13H14ClIN2O4. The Morgan fingerprint density at radius 3 is 2.71 bits per heavy atom. The van der Waals surface area contributed by atoms with Crippen LogP contribution in [-0.4, -0.2) is 52.5 Å². The van der Waals surface area contributed by atoms with Crippen molar-refractivity contribution in [3.8, 4) is 5.75 Å². The summed E-state index contributed by atoms with van der Waals surface area (Å²) < 4.78 is 12.4. The van der Waals surface area contributed by atoms with Gasteiger partial charge in [0, 0.05) is 12.8 Å². The fourth-order valence-electron chi connectivity index (χ4n) is 2.94. The lowest BCUT2D eigenvalue weighted by Gasteiger charge is -2.46. The molecule has 0 saturated carbocycles. The Kier molecular flexibility index (Phi) is 4.41. The maximum absolute atomic E-state index is 11.3. The average Bonchev–Trinajstić information content (AvgIpc) is 2.40. The van der Waals surface area contributed by atoms with Crippen molar-refractivity contribution >= 4 is 40.3 Å². The van der Waals surface area contributed by atoms with E-state index in [1.165, 1.54) is 4.90 Å². The second-order valence-electron chi connectivity index (χ2n) is 5.18. The number of pyridine rings is 1. The molecule has 6 nitrogen and oxygen atoms in total. The average molecular weight is 425 g/mol. The third kappa shape index (κ3) is 3.19. The molecule has 2 aliphatic rings. The van der Waals surface area contributed by atoms with Gasteiger partial charge in [0.1, 0.15) is 11.3 Å². The number of aromatic nitrogens is 1. The highest BCUT2D eigenvalue weighted by atomic mass is 127. The maximum atomic E-state index is 11.3. The van der Waals surface area contributed by atoms with Gasteiger partial charge in [0.25, 0.3) is 0 Å². The summed E-state index contributed by atoms with van der Waals surface area (Å²) in [6, 6.07) is 1.46. The molecule has 0 aromatic carbocycles. The molecule has 1 unspecified atom stereocenters. The predicted molar refractivity (Wildman–Crippen MR) is 83.9 cm³/mol. The normalized spacial score (nSPS) is 28.3. The molecule has 1 aromatic heterocycles. The molecule has 1 N–H and O–H groups in total.